The SMILES string of the molecule is CN(CCC(=O)Nc1sccc1C#N)CC(O)C(F)(F)F. The predicted octanol–water partition coefficient (Wildman–Crippen LogP) is 1.80. The fourth-order valence-corrected chi connectivity index (χ4v) is 2.22. The molecule has 0 aromatic carbocycles. The molecule has 5 nitrogen and oxygen atoms in total. The molecule has 0 bridgehead atoms. The lowest BCUT2D eigenvalue weighted by molar-refractivity contribution is -0.207. The van der Waals surface area contributed by atoms with Crippen LogP contribution in [0, 0.1) is 11.3 Å². The summed E-state index contributed by atoms with van der Waals surface area (Å²) in [5.41, 5.74) is 0.342. The van der Waals surface area contributed by atoms with E-state index in [0.29, 0.717) is 10.6 Å². The molecule has 0 spiro atoms. The van der Waals surface area contributed by atoms with E-state index in [1.807, 2.05) is 6.07 Å². The summed E-state index contributed by atoms with van der Waals surface area (Å²) < 4.78 is 36.5. The second-order valence-corrected chi connectivity index (χ2v) is 5.31. The van der Waals surface area contributed by atoms with Crippen LogP contribution < -0.4 is 5.32 Å². The van der Waals surface area contributed by atoms with Gasteiger partial charge in [-0.1, -0.05) is 0 Å². The van der Waals surface area contributed by atoms with E-state index in [1.165, 1.54) is 23.3 Å². The highest BCUT2D eigenvalue weighted by Crippen LogP contribution is 2.22. The molecule has 0 fully saturated rings. The fourth-order valence-electron chi connectivity index (χ4n) is 1.47. The summed E-state index contributed by atoms with van der Waals surface area (Å²) in [4.78, 5) is 12.9. The van der Waals surface area contributed by atoms with Gasteiger partial charge in [0.25, 0.3) is 0 Å². The summed E-state index contributed by atoms with van der Waals surface area (Å²) in [7, 11) is 1.38. The second-order valence-electron chi connectivity index (χ2n) is 4.39. The first-order chi connectivity index (χ1) is 9.74. The molecule has 1 amide bonds. The highest BCUT2D eigenvalue weighted by Gasteiger charge is 2.38. The normalized spacial score (nSPS) is 13.0. The largest absolute Gasteiger partial charge is 0.415 e. The molecule has 1 unspecified atom stereocenters. The molecular weight excluding hydrogens is 307 g/mol. The lowest BCUT2D eigenvalue weighted by atomic mass is 10.3. The molecule has 21 heavy (non-hydrogen) atoms. The van der Waals surface area contributed by atoms with Crippen LogP contribution in [-0.2, 0) is 4.79 Å². The van der Waals surface area contributed by atoms with Crippen molar-refractivity contribution in [3.63, 3.8) is 0 Å². The first-order valence-electron chi connectivity index (χ1n) is 5.94. The molecular formula is C12H14F3N3O2S. The number of carbonyl (C=O) groups is 1. The number of nitrogens with one attached hydrogen (secondary N) is 1. The maximum absolute atomic E-state index is 12.2. The lowest BCUT2D eigenvalue weighted by Crippen LogP contribution is -2.40. The molecule has 0 saturated carbocycles. The topological polar surface area (TPSA) is 76.4 Å². The Morgan fingerprint density at radius 3 is 2.86 bits per heavy atom. The van der Waals surface area contributed by atoms with Crippen molar-refractivity contribution >= 4 is 22.2 Å². The smallest absolute Gasteiger partial charge is 0.382 e. The minimum atomic E-state index is -4.67. The minimum absolute atomic E-state index is 0.0379. The summed E-state index contributed by atoms with van der Waals surface area (Å²) in [6.45, 7) is -0.536. The van der Waals surface area contributed by atoms with Crippen LogP contribution in [0.3, 0.4) is 0 Å². The molecule has 0 aliphatic heterocycles. The average Bonchev–Trinajstić information content (AvgIpc) is 2.82. The van der Waals surface area contributed by atoms with Crippen molar-refractivity contribution in [1.82, 2.24) is 4.90 Å². The molecule has 0 aliphatic rings. The Kier molecular flexibility index (Phi) is 6.14. The molecule has 0 aliphatic carbocycles. The molecule has 1 atom stereocenters. The van der Waals surface area contributed by atoms with Crippen molar-refractivity contribution < 1.29 is 23.1 Å². The van der Waals surface area contributed by atoms with E-state index in [2.05, 4.69) is 5.32 Å². The van der Waals surface area contributed by atoms with Crippen molar-refractivity contribution in [2.24, 2.45) is 0 Å². The van der Waals surface area contributed by atoms with Crippen LogP contribution in [0.2, 0.25) is 0 Å². The molecule has 0 radical (unpaired) electrons. The number of thiophene rings is 1. The van der Waals surface area contributed by atoms with Gasteiger partial charge in [0.1, 0.15) is 11.1 Å². The van der Waals surface area contributed by atoms with Gasteiger partial charge in [-0.05, 0) is 18.5 Å². The Labute approximate surface area is 123 Å². The molecule has 1 rings (SSSR count). The number of rotatable bonds is 6. The lowest BCUT2D eigenvalue weighted by Gasteiger charge is -2.21. The number of aliphatic hydroxyl groups excluding tert-OH is 1. The van der Waals surface area contributed by atoms with Crippen LogP contribution in [0.25, 0.3) is 0 Å². The van der Waals surface area contributed by atoms with Gasteiger partial charge in [0.15, 0.2) is 6.10 Å². The van der Waals surface area contributed by atoms with E-state index in [4.69, 9.17) is 10.4 Å². The van der Waals surface area contributed by atoms with Gasteiger partial charge in [-0.2, -0.15) is 18.4 Å². The highest BCUT2D eigenvalue weighted by molar-refractivity contribution is 7.14. The fraction of sp³-hybridized carbons (Fsp3) is 0.500. The number of nitriles is 1. The molecule has 116 valence electrons. The number of hydrogen-bond acceptors (Lipinski definition) is 5. The van der Waals surface area contributed by atoms with Crippen molar-refractivity contribution in [1.29, 1.82) is 5.26 Å². The van der Waals surface area contributed by atoms with Crippen LogP contribution in [0.4, 0.5) is 18.2 Å². The zero-order valence-electron chi connectivity index (χ0n) is 11.1. The third-order valence-electron chi connectivity index (χ3n) is 2.62. The number of hydrogen-bond donors (Lipinski definition) is 2. The number of carbonyl (C=O) groups excluding carboxylic acids is 1. The molecule has 1 aromatic heterocycles. The Morgan fingerprint density at radius 2 is 2.29 bits per heavy atom. The Morgan fingerprint density at radius 1 is 1.62 bits per heavy atom. The van der Waals surface area contributed by atoms with E-state index in [-0.39, 0.29) is 13.0 Å². The standard InChI is InChI=1S/C12H14F3N3O2S/c1-18(7-9(19)12(13,14)15)4-2-10(20)17-11-8(6-16)3-5-21-11/h3,5,9,19H,2,4,7H2,1H3,(H,17,20). The van der Waals surface area contributed by atoms with Crippen LogP contribution in [0.5, 0.6) is 0 Å². The summed E-state index contributed by atoms with van der Waals surface area (Å²) in [6.07, 6.45) is -7.15. The average molecular weight is 321 g/mol. The van der Waals surface area contributed by atoms with Crippen LogP contribution in [0.1, 0.15) is 12.0 Å². The highest BCUT2D eigenvalue weighted by atomic mass is 32.1. The monoisotopic (exact) mass is 321 g/mol. The number of aliphatic hydroxyl groups is 1. The third-order valence-corrected chi connectivity index (χ3v) is 3.45. The number of anilines is 1. The van der Waals surface area contributed by atoms with E-state index in [1.54, 1.807) is 11.4 Å². The number of likely N-dealkylation sites (N-methyl/N-ethyl adjacent to an activating group) is 1. The Bertz CT molecular complexity index is 525. The summed E-state index contributed by atoms with van der Waals surface area (Å²) in [6, 6.07) is 3.48. The maximum Gasteiger partial charge on any atom is 0.415 e. The van der Waals surface area contributed by atoms with Gasteiger partial charge in [0.2, 0.25) is 5.91 Å². The van der Waals surface area contributed by atoms with Gasteiger partial charge < -0.3 is 15.3 Å². The zero-order chi connectivity index (χ0) is 16.0. The third kappa shape index (κ3) is 5.71. The summed E-state index contributed by atoms with van der Waals surface area (Å²) in [5.74, 6) is -0.401. The van der Waals surface area contributed by atoms with E-state index in [0.717, 1.165) is 0 Å². The van der Waals surface area contributed by atoms with E-state index >= 15 is 0 Å². The Balaban J connectivity index is 2.38. The van der Waals surface area contributed by atoms with Gasteiger partial charge in [-0.25, -0.2) is 0 Å². The van der Waals surface area contributed by atoms with Crippen LogP contribution in [0.15, 0.2) is 11.4 Å². The van der Waals surface area contributed by atoms with Crippen molar-refractivity contribution in [2.75, 3.05) is 25.5 Å². The zero-order valence-corrected chi connectivity index (χ0v) is 12.0. The second kappa shape index (κ2) is 7.40. The van der Waals surface area contributed by atoms with Gasteiger partial charge in [-0.15, -0.1) is 11.3 Å². The van der Waals surface area contributed by atoms with Gasteiger partial charge in [0, 0.05) is 19.5 Å². The molecule has 1 aromatic rings. The quantitative estimate of drug-likeness (QED) is 0.838. The van der Waals surface area contributed by atoms with Gasteiger partial charge in [0.05, 0.1) is 5.56 Å². The van der Waals surface area contributed by atoms with Gasteiger partial charge >= 0.3 is 6.18 Å². The predicted molar refractivity (Wildman–Crippen MR) is 71.8 cm³/mol. The molecule has 9 heteroatoms. The number of alkyl halides is 3. The minimum Gasteiger partial charge on any atom is -0.382 e. The molecule has 2 N–H and O–H groups in total. The molecule has 0 saturated heterocycles. The number of halogens is 3. The van der Waals surface area contributed by atoms with Crippen LogP contribution >= 0.6 is 11.3 Å². The van der Waals surface area contributed by atoms with Crippen molar-refractivity contribution in [2.45, 2.75) is 18.7 Å². The molecule has 1 heterocycles. The first-order valence-corrected chi connectivity index (χ1v) is 6.82. The van der Waals surface area contributed by atoms with Gasteiger partial charge in [-0.3, -0.25) is 4.79 Å². The Hall–Kier alpha value is -1.63. The summed E-state index contributed by atoms with van der Waals surface area (Å²) >= 11 is 1.19. The number of nitrogens with zero attached hydrogens (tertiary/aromatic N) is 2. The van der Waals surface area contributed by atoms with E-state index < -0.39 is 24.7 Å². The van der Waals surface area contributed by atoms with Crippen molar-refractivity contribution in [3.05, 3.63) is 17.0 Å². The van der Waals surface area contributed by atoms with Crippen molar-refractivity contribution in [3.8, 4) is 6.07 Å². The first kappa shape index (κ1) is 17.4. The number of amides is 1. The van der Waals surface area contributed by atoms with Crippen LogP contribution in [-0.4, -0.2) is 48.3 Å². The maximum atomic E-state index is 12.2. The van der Waals surface area contributed by atoms with E-state index in [9.17, 15) is 18.0 Å². The summed E-state index contributed by atoms with van der Waals surface area (Å²) in [5, 5.41) is 22.3.